The number of carbonyl (C=O) groups excluding carboxylic acids is 1. The van der Waals surface area contributed by atoms with Gasteiger partial charge in [-0.2, -0.15) is 13.2 Å². The first-order valence-electron chi connectivity index (χ1n) is 13.0. The molecule has 1 saturated heterocycles. The summed E-state index contributed by atoms with van der Waals surface area (Å²) in [7, 11) is 0.939. The van der Waals surface area contributed by atoms with Crippen molar-refractivity contribution < 1.29 is 56.3 Å². The van der Waals surface area contributed by atoms with Gasteiger partial charge in [-0.25, -0.2) is 17.9 Å². The van der Waals surface area contributed by atoms with Gasteiger partial charge >= 0.3 is 6.18 Å². The fourth-order valence-electron chi connectivity index (χ4n) is 5.27. The largest absolute Gasteiger partial charge is 0.406 e. The second-order valence-electron chi connectivity index (χ2n) is 10.5. The van der Waals surface area contributed by atoms with E-state index in [4.69, 9.17) is 4.74 Å². The molecule has 2 heterocycles. The number of nitrogens with zero attached hydrogens (tertiary/aromatic N) is 4. The first-order chi connectivity index (χ1) is 19.6. The zero-order valence-electron chi connectivity index (χ0n) is 22.2. The maximum Gasteiger partial charge on any atom is 0.406 e. The van der Waals surface area contributed by atoms with E-state index in [0.29, 0.717) is 41.6 Å². The van der Waals surface area contributed by atoms with Crippen molar-refractivity contribution in [2.24, 2.45) is 0 Å². The van der Waals surface area contributed by atoms with Crippen LogP contribution in [-0.4, -0.2) is 107 Å². The van der Waals surface area contributed by atoms with Gasteiger partial charge in [0.2, 0.25) is 5.91 Å². The summed E-state index contributed by atoms with van der Waals surface area (Å²) in [5.41, 5.74) is -3.58. The molecule has 4 rings (SSSR count). The molecule has 1 aliphatic carbocycles. The van der Waals surface area contributed by atoms with E-state index >= 15 is 0 Å². The van der Waals surface area contributed by atoms with Crippen LogP contribution in [0.2, 0.25) is 0 Å². The molecule has 2 fully saturated rings. The molecule has 1 aliphatic heterocycles. The van der Waals surface area contributed by atoms with E-state index < -0.39 is 83.3 Å². The number of amides is 1. The summed E-state index contributed by atoms with van der Waals surface area (Å²) in [6.07, 6.45) is -6.42. The number of aliphatic hydroxyl groups excluding tert-OH is 3. The summed E-state index contributed by atoms with van der Waals surface area (Å²) in [6.45, 7) is -2.37. The van der Waals surface area contributed by atoms with Gasteiger partial charge in [0.15, 0.2) is 17.5 Å². The van der Waals surface area contributed by atoms with Crippen LogP contribution in [0.15, 0.2) is 18.3 Å². The van der Waals surface area contributed by atoms with E-state index in [1.54, 1.807) is 0 Å². The number of ether oxygens (including phenoxy) is 1. The monoisotopic (exact) mass is 628 g/mol. The van der Waals surface area contributed by atoms with E-state index in [1.807, 2.05) is 0 Å². The molecule has 234 valence electrons. The Balaban J connectivity index is 1.65. The molecular formula is C25H30F6N4O6S. The standard InChI is InChI=1S/C25H30F6N4O6S/c1-34(11-25(29,30)31)22(39)21(24(40)5-3-2-4-6-24)42-23-20(38)18(19(37)16(10-36)41-23)35-9-15(32-33-35)12-7-13(26)17(28)14(27)8-12/h7-9,16,18-21,23,36-38,40H,2-6,10-11H2,1H3/t16-,18+,19+,20-,21-,23+/m1/s1. The van der Waals surface area contributed by atoms with Crippen LogP contribution >= 0.6 is 11.8 Å². The number of hydrogen-bond acceptors (Lipinski definition) is 9. The van der Waals surface area contributed by atoms with Gasteiger partial charge in [0, 0.05) is 12.6 Å². The SMILES string of the molecule is CN(CC(F)(F)F)C(=O)[C@@H](S[C@@H]1O[C@H](CO)[C@H](O)[C@H](n2cc(-c3cc(F)c(F)c(F)c3)nn2)[C@H]1O)C1(O)CCCCC1. The average Bonchev–Trinajstić information content (AvgIpc) is 3.40. The lowest BCUT2D eigenvalue weighted by molar-refractivity contribution is -0.179. The highest BCUT2D eigenvalue weighted by Crippen LogP contribution is 2.44. The molecule has 0 unspecified atom stereocenters. The predicted octanol–water partition coefficient (Wildman–Crippen LogP) is 2.16. The van der Waals surface area contributed by atoms with Crippen LogP contribution in [0.3, 0.4) is 0 Å². The highest BCUT2D eigenvalue weighted by atomic mass is 32.2. The van der Waals surface area contributed by atoms with E-state index in [2.05, 4.69) is 10.3 Å². The topological polar surface area (TPSA) is 141 Å². The lowest BCUT2D eigenvalue weighted by Crippen LogP contribution is -2.58. The average molecular weight is 629 g/mol. The van der Waals surface area contributed by atoms with Crippen LogP contribution in [-0.2, 0) is 9.53 Å². The van der Waals surface area contributed by atoms with Crippen LogP contribution in [0.25, 0.3) is 11.3 Å². The zero-order valence-corrected chi connectivity index (χ0v) is 23.0. The van der Waals surface area contributed by atoms with Gasteiger partial charge in [-0.3, -0.25) is 4.79 Å². The minimum atomic E-state index is -4.71. The predicted molar refractivity (Wildman–Crippen MR) is 135 cm³/mol. The maximum atomic E-state index is 13.8. The maximum absolute atomic E-state index is 13.8. The molecule has 4 N–H and O–H groups in total. The Morgan fingerprint density at radius 1 is 1.17 bits per heavy atom. The number of halogens is 6. The van der Waals surface area contributed by atoms with Crippen LogP contribution in [0, 0.1) is 17.5 Å². The fraction of sp³-hybridized carbons (Fsp3) is 0.640. The Morgan fingerprint density at radius 2 is 1.79 bits per heavy atom. The van der Waals surface area contributed by atoms with Gasteiger partial charge in [0.25, 0.3) is 0 Å². The van der Waals surface area contributed by atoms with Crippen LogP contribution < -0.4 is 0 Å². The van der Waals surface area contributed by atoms with Crippen LogP contribution in [0.5, 0.6) is 0 Å². The lowest BCUT2D eigenvalue weighted by atomic mass is 9.82. The quantitative estimate of drug-likeness (QED) is 0.256. The number of carbonyl (C=O) groups is 1. The molecule has 10 nitrogen and oxygen atoms in total. The molecule has 1 amide bonds. The number of hydrogen-bond donors (Lipinski definition) is 4. The van der Waals surface area contributed by atoms with Crippen molar-refractivity contribution in [3.8, 4) is 11.3 Å². The van der Waals surface area contributed by atoms with Gasteiger partial charge in [0.1, 0.15) is 47.3 Å². The zero-order chi connectivity index (χ0) is 31.0. The number of aromatic nitrogens is 3. The van der Waals surface area contributed by atoms with Crippen molar-refractivity contribution in [2.45, 2.75) is 78.9 Å². The van der Waals surface area contributed by atoms with E-state index in [-0.39, 0.29) is 24.1 Å². The number of benzene rings is 1. The van der Waals surface area contributed by atoms with Crippen molar-refractivity contribution in [3.63, 3.8) is 0 Å². The molecule has 6 atom stereocenters. The molecule has 17 heteroatoms. The Bertz CT molecular complexity index is 1240. The Hall–Kier alpha value is -2.44. The van der Waals surface area contributed by atoms with E-state index in [9.17, 15) is 51.6 Å². The molecule has 0 radical (unpaired) electrons. The van der Waals surface area contributed by atoms with Crippen molar-refractivity contribution in [1.29, 1.82) is 0 Å². The van der Waals surface area contributed by atoms with Gasteiger partial charge in [-0.15, -0.1) is 16.9 Å². The van der Waals surface area contributed by atoms with Crippen molar-refractivity contribution in [2.75, 3.05) is 20.2 Å². The minimum absolute atomic E-state index is 0.103. The third-order valence-corrected chi connectivity index (χ3v) is 9.01. The molecule has 42 heavy (non-hydrogen) atoms. The van der Waals surface area contributed by atoms with E-state index in [0.717, 1.165) is 24.3 Å². The molecule has 1 aromatic heterocycles. The molecule has 1 aromatic carbocycles. The van der Waals surface area contributed by atoms with E-state index in [1.165, 1.54) is 0 Å². The lowest BCUT2D eigenvalue weighted by Gasteiger charge is -2.45. The van der Waals surface area contributed by atoms with Crippen molar-refractivity contribution in [1.82, 2.24) is 19.9 Å². The Morgan fingerprint density at radius 3 is 2.36 bits per heavy atom. The highest BCUT2D eigenvalue weighted by Gasteiger charge is 2.52. The molecule has 2 aliphatic rings. The molecule has 0 bridgehead atoms. The third-order valence-electron chi connectivity index (χ3n) is 7.44. The summed E-state index contributed by atoms with van der Waals surface area (Å²) < 4.78 is 86.8. The van der Waals surface area contributed by atoms with Crippen LogP contribution in [0.1, 0.15) is 38.1 Å². The summed E-state index contributed by atoms with van der Waals surface area (Å²) >= 11 is 0.564. The smallest absolute Gasteiger partial charge is 0.394 e. The number of aliphatic hydroxyl groups is 4. The normalized spacial score (nSPS) is 27.1. The number of rotatable bonds is 8. The highest BCUT2D eigenvalue weighted by molar-refractivity contribution is 8.01. The first kappa shape index (κ1) is 32.5. The molecule has 0 spiro atoms. The summed E-state index contributed by atoms with van der Waals surface area (Å²) in [5, 5.41) is 49.5. The first-order valence-corrected chi connectivity index (χ1v) is 14.0. The summed E-state index contributed by atoms with van der Waals surface area (Å²) in [6, 6.07) is -0.108. The Labute approximate surface area is 240 Å². The summed E-state index contributed by atoms with van der Waals surface area (Å²) in [5.74, 6) is -5.73. The van der Waals surface area contributed by atoms with Crippen LogP contribution in [0.4, 0.5) is 26.3 Å². The second-order valence-corrected chi connectivity index (χ2v) is 11.7. The number of thioether (sulfide) groups is 1. The third kappa shape index (κ3) is 6.86. The molecule has 1 saturated carbocycles. The minimum Gasteiger partial charge on any atom is -0.394 e. The molecule has 2 aromatic rings. The van der Waals surface area contributed by atoms with Crippen molar-refractivity contribution >= 4 is 17.7 Å². The Kier molecular flexibility index (Phi) is 9.79. The fourth-order valence-corrected chi connectivity index (χ4v) is 6.86. The van der Waals surface area contributed by atoms with Gasteiger partial charge < -0.3 is 30.1 Å². The van der Waals surface area contributed by atoms with Gasteiger partial charge in [-0.1, -0.05) is 24.5 Å². The number of alkyl halides is 3. The van der Waals surface area contributed by atoms with Gasteiger partial charge in [0.05, 0.1) is 18.4 Å². The summed E-state index contributed by atoms with van der Waals surface area (Å²) in [4.78, 5) is 13.7. The van der Waals surface area contributed by atoms with Gasteiger partial charge in [-0.05, 0) is 25.0 Å². The van der Waals surface area contributed by atoms with Crippen molar-refractivity contribution in [3.05, 3.63) is 35.8 Å². The second kappa shape index (κ2) is 12.7. The molecular weight excluding hydrogens is 598 g/mol.